The first-order valence-electron chi connectivity index (χ1n) is 9.03. The van der Waals surface area contributed by atoms with E-state index in [0.717, 1.165) is 34.4 Å². The van der Waals surface area contributed by atoms with Crippen LogP contribution in [0.4, 0.5) is 14.9 Å². The first kappa shape index (κ1) is 24.6. The third kappa shape index (κ3) is 6.63. The van der Waals surface area contributed by atoms with E-state index in [1.165, 1.54) is 7.05 Å². The Morgan fingerprint density at radius 1 is 1.03 bits per heavy atom. The monoisotopic (exact) mass is 487 g/mol. The van der Waals surface area contributed by atoms with E-state index in [0.29, 0.717) is 14.8 Å². The summed E-state index contributed by atoms with van der Waals surface area (Å²) in [5, 5.41) is 15.8. The SMILES string of the molecule is CCOC(=O)Nc1nnc(SCC(=O)Nc2sc(C(=O)NC)c(C)c2C(=O)OCC)s1. The van der Waals surface area contributed by atoms with E-state index >= 15 is 0 Å². The number of nitrogens with one attached hydrogen (secondary N) is 3. The van der Waals surface area contributed by atoms with Gasteiger partial charge in [0.25, 0.3) is 5.91 Å². The van der Waals surface area contributed by atoms with Crippen molar-refractivity contribution in [1.29, 1.82) is 0 Å². The second-order valence-corrected chi connectivity index (χ2v) is 8.84. The topological polar surface area (TPSA) is 149 Å². The molecule has 0 unspecified atom stereocenters. The molecule has 2 aromatic rings. The molecule has 0 spiro atoms. The van der Waals surface area contributed by atoms with Crippen molar-refractivity contribution in [1.82, 2.24) is 15.5 Å². The molecule has 3 N–H and O–H groups in total. The molecule has 31 heavy (non-hydrogen) atoms. The van der Waals surface area contributed by atoms with Crippen molar-refractivity contribution in [3.8, 4) is 0 Å². The standard InChI is InChI=1S/C17H21N5O6S3/c1-5-27-14(25)10-8(3)11(12(24)18-4)30-13(10)19-9(23)7-29-17-22-21-15(31-17)20-16(26)28-6-2/h5-7H2,1-4H3,(H,18,24)(H,19,23)(H,20,21,26). The second-order valence-electron chi connectivity index (χ2n) is 5.62. The number of carbonyl (C=O) groups excluding carboxylic acids is 4. The fourth-order valence-electron chi connectivity index (χ4n) is 2.24. The van der Waals surface area contributed by atoms with Crippen LogP contribution in [0.2, 0.25) is 0 Å². The fraction of sp³-hybridized carbons (Fsp3) is 0.412. The number of nitrogens with zero attached hydrogens (tertiary/aromatic N) is 2. The van der Waals surface area contributed by atoms with E-state index in [1.54, 1.807) is 20.8 Å². The predicted octanol–water partition coefficient (Wildman–Crippen LogP) is 2.74. The molecule has 11 nitrogen and oxygen atoms in total. The molecule has 3 amide bonds. The molecule has 2 rings (SSSR count). The first-order valence-corrected chi connectivity index (χ1v) is 11.6. The lowest BCUT2D eigenvalue weighted by molar-refractivity contribution is -0.113. The Morgan fingerprint density at radius 2 is 1.74 bits per heavy atom. The van der Waals surface area contributed by atoms with E-state index in [9.17, 15) is 19.2 Å². The van der Waals surface area contributed by atoms with E-state index < -0.39 is 18.0 Å². The first-order chi connectivity index (χ1) is 14.8. The highest BCUT2D eigenvalue weighted by Gasteiger charge is 2.26. The molecule has 0 saturated carbocycles. The summed E-state index contributed by atoms with van der Waals surface area (Å²) in [7, 11) is 1.48. The van der Waals surface area contributed by atoms with Gasteiger partial charge in [-0.05, 0) is 26.3 Å². The van der Waals surface area contributed by atoms with Gasteiger partial charge in [0.05, 0.1) is 29.4 Å². The van der Waals surface area contributed by atoms with Gasteiger partial charge in [-0.2, -0.15) is 0 Å². The molecule has 0 aliphatic heterocycles. The van der Waals surface area contributed by atoms with E-state index in [2.05, 4.69) is 26.1 Å². The molecule has 168 valence electrons. The predicted molar refractivity (Wildman–Crippen MR) is 118 cm³/mol. The molecule has 14 heteroatoms. The van der Waals surface area contributed by atoms with Crippen LogP contribution in [0.1, 0.15) is 39.4 Å². The number of anilines is 2. The molecule has 0 radical (unpaired) electrons. The zero-order chi connectivity index (χ0) is 23.0. The minimum absolute atomic E-state index is 0.0252. The maximum absolute atomic E-state index is 12.4. The van der Waals surface area contributed by atoms with Gasteiger partial charge in [-0.3, -0.25) is 14.9 Å². The number of thiophene rings is 1. The molecule has 0 atom stereocenters. The second kappa shape index (κ2) is 11.6. The number of hydrogen-bond acceptors (Lipinski definition) is 11. The number of ether oxygens (including phenoxy) is 2. The summed E-state index contributed by atoms with van der Waals surface area (Å²) in [5.41, 5.74) is 0.588. The lowest BCUT2D eigenvalue weighted by atomic mass is 10.1. The van der Waals surface area contributed by atoms with Gasteiger partial charge in [-0.1, -0.05) is 23.1 Å². The van der Waals surface area contributed by atoms with Gasteiger partial charge in [0.1, 0.15) is 5.00 Å². The van der Waals surface area contributed by atoms with Gasteiger partial charge in [-0.25, -0.2) is 9.59 Å². The van der Waals surface area contributed by atoms with Crippen LogP contribution in [0, 0.1) is 6.92 Å². The fourth-order valence-corrected chi connectivity index (χ4v) is 4.94. The highest BCUT2D eigenvalue weighted by atomic mass is 32.2. The van der Waals surface area contributed by atoms with Gasteiger partial charge in [0.15, 0.2) is 4.34 Å². The Bertz CT molecular complexity index is 974. The maximum atomic E-state index is 12.4. The zero-order valence-electron chi connectivity index (χ0n) is 17.2. The van der Waals surface area contributed by atoms with Gasteiger partial charge in [0.2, 0.25) is 11.0 Å². The number of rotatable bonds is 9. The molecule has 0 bridgehead atoms. The van der Waals surface area contributed by atoms with Gasteiger partial charge in [0, 0.05) is 7.05 Å². The molecular weight excluding hydrogens is 466 g/mol. The number of amides is 3. The number of thioether (sulfide) groups is 1. The summed E-state index contributed by atoms with van der Waals surface area (Å²) in [6.45, 7) is 5.36. The lowest BCUT2D eigenvalue weighted by Crippen LogP contribution is -2.18. The summed E-state index contributed by atoms with van der Waals surface area (Å²) in [4.78, 5) is 48.6. The van der Waals surface area contributed by atoms with Crippen molar-refractivity contribution in [2.75, 3.05) is 36.6 Å². The van der Waals surface area contributed by atoms with E-state index in [1.807, 2.05) is 0 Å². The average molecular weight is 488 g/mol. The highest BCUT2D eigenvalue weighted by Crippen LogP contribution is 2.34. The van der Waals surface area contributed by atoms with Crippen molar-refractivity contribution in [3.05, 3.63) is 16.0 Å². The Balaban J connectivity index is 2.06. The summed E-state index contributed by atoms with van der Waals surface area (Å²) < 4.78 is 10.3. The quantitative estimate of drug-likeness (QED) is 0.276. The van der Waals surface area contributed by atoms with Crippen molar-refractivity contribution in [3.63, 3.8) is 0 Å². The summed E-state index contributed by atoms with van der Waals surface area (Å²) in [6.07, 6.45) is -0.639. The van der Waals surface area contributed by atoms with Gasteiger partial charge < -0.3 is 20.1 Å². The van der Waals surface area contributed by atoms with Crippen LogP contribution >= 0.6 is 34.4 Å². The highest BCUT2D eigenvalue weighted by molar-refractivity contribution is 8.01. The Hall–Kier alpha value is -2.71. The number of esters is 1. The molecule has 0 aliphatic carbocycles. The van der Waals surface area contributed by atoms with Crippen LogP contribution in [-0.2, 0) is 14.3 Å². The van der Waals surface area contributed by atoms with Crippen LogP contribution in [0.5, 0.6) is 0 Å². The summed E-state index contributed by atoms with van der Waals surface area (Å²) >= 11 is 3.19. The third-order valence-corrected chi connectivity index (χ3v) is 6.71. The molecule has 0 fully saturated rings. The van der Waals surface area contributed by atoms with Gasteiger partial charge >= 0.3 is 12.1 Å². The molecule has 0 aromatic carbocycles. The zero-order valence-corrected chi connectivity index (χ0v) is 19.6. The van der Waals surface area contributed by atoms with Crippen molar-refractivity contribution in [2.24, 2.45) is 0 Å². The molecule has 0 aliphatic rings. The average Bonchev–Trinajstić information content (AvgIpc) is 3.30. The molecule has 0 saturated heterocycles. The third-order valence-electron chi connectivity index (χ3n) is 3.53. The van der Waals surface area contributed by atoms with Crippen molar-refractivity contribution >= 4 is 68.4 Å². The molecule has 2 aromatic heterocycles. The maximum Gasteiger partial charge on any atom is 0.413 e. The number of aromatic nitrogens is 2. The normalized spacial score (nSPS) is 10.3. The van der Waals surface area contributed by atoms with Crippen LogP contribution in [0.15, 0.2) is 4.34 Å². The van der Waals surface area contributed by atoms with E-state index in [-0.39, 0.29) is 40.6 Å². The smallest absolute Gasteiger partial charge is 0.413 e. The van der Waals surface area contributed by atoms with Crippen molar-refractivity contribution < 1.29 is 28.7 Å². The Kier molecular flexibility index (Phi) is 9.21. The summed E-state index contributed by atoms with van der Waals surface area (Å²) in [5.74, 6) is -1.41. The number of hydrogen-bond donors (Lipinski definition) is 3. The molecular formula is C17H21N5O6S3. The van der Waals surface area contributed by atoms with Crippen molar-refractivity contribution in [2.45, 2.75) is 25.1 Å². The summed E-state index contributed by atoms with van der Waals surface area (Å²) in [6, 6.07) is 0. The van der Waals surface area contributed by atoms with Gasteiger partial charge in [-0.15, -0.1) is 21.5 Å². The lowest BCUT2D eigenvalue weighted by Gasteiger charge is -2.06. The van der Waals surface area contributed by atoms with E-state index in [4.69, 9.17) is 9.47 Å². The minimum atomic E-state index is -0.639. The number of carbonyl (C=O) groups is 4. The largest absolute Gasteiger partial charge is 0.462 e. The molecule has 2 heterocycles. The van der Waals surface area contributed by atoms with Crippen LogP contribution < -0.4 is 16.0 Å². The Morgan fingerprint density at radius 3 is 2.39 bits per heavy atom. The Labute approximate surface area is 190 Å². The van der Waals surface area contributed by atoms with Crippen LogP contribution in [0.25, 0.3) is 0 Å². The minimum Gasteiger partial charge on any atom is -0.462 e. The van der Waals surface area contributed by atoms with Crippen LogP contribution in [-0.4, -0.2) is 60.1 Å². The van der Waals surface area contributed by atoms with Crippen LogP contribution in [0.3, 0.4) is 0 Å².